The summed E-state index contributed by atoms with van der Waals surface area (Å²) in [4.78, 5) is 33.1. The number of hydrogen-bond acceptors (Lipinski definition) is 7. The van der Waals surface area contributed by atoms with Gasteiger partial charge in [0, 0.05) is 4.90 Å². The van der Waals surface area contributed by atoms with Crippen LogP contribution < -0.4 is 19.6 Å². The number of carbonyl (C=O) groups is 1. The number of fused-ring (bicyclic) bond motifs is 1. The number of aromatic nitrogens is 1. The fourth-order valence-corrected chi connectivity index (χ4v) is 5.35. The fourth-order valence-electron chi connectivity index (χ4n) is 3.90. The minimum absolute atomic E-state index is 0.191. The monoisotopic (exact) mass is 518 g/mol. The van der Waals surface area contributed by atoms with E-state index in [-0.39, 0.29) is 18.3 Å². The van der Waals surface area contributed by atoms with E-state index in [1.165, 1.54) is 11.3 Å². The maximum absolute atomic E-state index is 13.7. The minimum atomic E-state index is -0.634. The molecule has 0 bridgehead atoms. The Morgan fingerprint density at radius 1 is 1.22 bits per heavy atom. The van der Waals surface area contributed by atoms with Crippen molar-refractivity contribution in [2.75, 3.05) is 12.9 Å². The molecule has 0 aliphatic carbocycles. The summed E-state index contributed by atoms with van der Waals surface area (Å²) in [5.41, 5.74) is 2.36. The maximum atomic E-state index is 13.7. The molecule has 0 N–H and O–H groups in total. The summed E-state index contributed by atoms with van der Waals surface area (Å²) >= 11 is 2.92. The van der Waals surface area contributed by atoms with Crippen LogP contribution in [0.3, 0.4) is 0 Å². The number of thioether (sulfide) groups is 1. The van der Waals surface area contributed by atoms with E-state index >= 15 is 0 Å². The molecule has 4 rings (SSSR count). The third kappa shape index (κ3) is 5.32. The first-order valence-electron chi connectivity index (χ1n) is 11.4. The predicted molar refractivity (Wildman–Crippen MR) is 144 cm³/mol. The van der Waals surface area contributed by atoms with E-state index in [1.807, 2.05) is 48.7 Å². The molecule has 184 valence electrons. The largest absolute Gasteiger partial charge is 0.481 e. The molecule has 3 aromatic rings. The van der Waals surface area contributed by atoms with Crippen molar-refractivity contribution in [3.05, 3.63) is 90.6 Å². The summed E-state index contributed by atoms with van der Waals surface area (Å²) in [5.74, 6) is 2.62. The lowest BCUT2D eigenvalue weighted by Gasteiger charge is -2.25. The molecule has 0 saturated carbocycles. The van der Waals surface area contributed by atoms with Gasteiger partial charge < -0.3 is 9.47 Å². The normalized spacial score (nSPS) is 15.3. The van der Waals surface area contributed by atoms with Gasteiger partial charge in [-0.05, 0) is 68.5 Å². The van der Waals surface area contributed by atoms with Gasteiger partial charge in [-0.2, -0.15) is 0 Å². The Kier molecular flexibility index (Phi) is 7.82. The number of benzene rings is 2. The summed E-state index contributed by atoms with van der Waals surface area (Å²) in [6.45, 7) is 5.57. The molecule has 2 aromatic carbocycles. The molecule has 0 spiro atoms. The Balaban J connectivity index is 1.84. The summed E-state index contributed by atoms with van der Waals surface area (Å²) in [5, 5.41) is 0. The number of terminal acetylenes is 1. The molecule has 6 nitrogen and oxygen atoms in total. The second kappa shape index (κ2) is 11.0. The van der Waals surface area contributed by atoms with Gasteiger partial charge in [0.2, 0.25) is 0 Å². The smallest absolute Gasteiger partial charge is 0.338 e. The summed E-state index contributed by atoms with van der Waals surface area (Å²) < 4.78 is 13.1. The molecule has 8 heteroatoms. The lowest BCUT2D eigenvalue weighted by molar-refractivity contribution is -0.143. The van der Waals surface area contributed by atoms with Gasteiger partial charge in [-0.25, -0.2) is 9.79 Å². The lowest BCUT2D eigenvalue weighted by Crippen LogP contribution is -2.40. The Bertz CT molecular complexity index is 1520. The summed E-state index contributed by atoms with van der Waals surface area (Å²) in [6.07, 6.45) is 8.76. The first-order chi connectivity index (χ1) is 17.3. The quantitative estimate of drug-likeness (QED) is 0.269. The minimum Gasteiger partial charge on any atom is -0.481 e. The van der Waals surface area contributed by atoms with Crippen molar-refractivity contribution in [1.29, 1.82) is 0 Å². The van der Waals surface area contributed by atoms with Crippen molar-refractivity contribution in [2.45, 2.75) is 37.8 Å². The average Bonchev–Trinajstić information content (AvgIpc) is 3.16. The van der Waals surface area contributed by atoms with E-state index in [1.54, 1.807) is 49.2 Å². The van der Waals surface area contributed by atoms with Crippen molar-refractivity contribution in [2.24, 2.45) is 4.99 Å². The van der Waals surface area contributed by atoms with Crippen LogP contribution in [-0.4, -0.2) is 29.5 Å². The van der Waals surface area contributed by atoms with E-state index in [2.05, 4.69) is 10.9 Å². The molecule has 0 unspecified atom stereocenters. The van der Waals surface area contributed by atoms with Crippen LogP contribution in [0.1, 0.15) is 37.9 Å². The summed E-state index contributed by atoms with van der Waals surface area (Å²) in [6, 6.07) is 14.6. The lowest BCUT2D eigenvalue weighted by atomic mass is 9.96. The zero-order valence-corrected chi connectivity index (χ0v) is 22.1. The van der Waals surface area contributed by atoms with Gasteiger partial charge in [-0.3, -0.25) is 9.36 Å². The fraction of sp³-hybridized carbons (Fsp3) is 0.250. The highest BCUT2D eigenvalue weighted by molar-refractivity contribution is 7.98. The van der Waals surface area contributed by atoms with E-state index in [0.29, 0.717) is 26.4 Å². The van der Waals surface area contributed by atoms with Gasteiger partial charge in [0.05, 0.1) is 27.9 Å². The van der Waals surface area contributed by atoms with E-state index in [9.17, 15) is 9.59 Å². The van der Waals surface area contributed by atoms with Crippen molar-refractivity contribution in [3.8, 4) is 18.1 Å². The van der Waals surface area contributed by atoms with Crippen LogP contribution >= 0.6 is 23.1 Å². The molecular weight excluding hydrogens is 492 g/mol. The van der Waals surface area contributed by atoms with Crippen molar-refractivity contribution >= 4 is 35.1 Å². The van der Waals surface area contributed by atoms with Crippen LogP contribution in [0.4, 0.5) is 0 Å². The number of hydrogen-bond donors (Lipinski definition) is 0. The Morgan fingerprint density at radius 2 is 1.92 bits per heavy atom. The highest BCUT2D eigenvalue weighted by Crippen LogP contribution is 2.32. The number of rotatable bonds is 7. The zero-order valence-electron chi connectivity index (χ0n) is 20.5. The average molecular weight is 519 g/mol. The van der Waals surface area contributed by atoms with Crippen LogP contribution in [0.5, 0.6) is 5.75 Å². The van der Waals surface area contributed by atoms with Gasteiger partial charge in [-0.15, -0.1) is 18.2 Å². The number of ether oxygens (including phenoxy) is 2. The number of nitrogens with zero attached hydrogens (tertiary/aromatic N) is 2. The highest BCUT2D eigenvalue weighted by Gasteiger charge is 2.33. The molecule has 0 amide bonds. The topological polar surface area (TPSA) is 69.9 Å². The second-order valence-corrected chi connectivity index (χ2v) is 10.3. The molecule has 1 aliphatic heterocycles. The first-order valence-corrected chi connectivity index (χ1v) is 13.4. The number of esters is 1. The van der Waals surface area contributed by atoms with Crippen molar-refractivity contribution in [3.63, 3.8) is 0 Å². The SMILES string of the molecule is C#CCOc1ccc(/C=c2\sc3n(c2=O)[C@H](c2ccc(SC)cc2)C(C(=O)OC(C)C)=C(C)N=3)cc1. The summed E-state index contributed by atoms with van der Waals surface area (Å²) in [7, 11) is 0. The molecule has 0 radical (unpaired) electrons. The van der Waals surface area contributed by atoms with Gasteiger partial charge >= 0.3 is 5.97 Å². The van der Waals surface area contributed by atoms with E-state index in [0.717, 1.165) is 16.0 Å². The van der Waals surface area contributed by atoms with Crippen LogP contribution in [0.15, 0.2) is 74.5 Å². The molecule has 0 fully saturated rings. The van der Waals surface area contributed by atoms with Gasteiger partial charge in [0.15, 0.2) is 4.80 Å². The van der Waals surface area contributed by atoms with Crippen LogP contribution in [-0.2, 0) is 9.53 Å². The number of thiazole rings is 1. The molecule has 1 aromatic heterocycles. The Hall–Kier alpha value is -3.54. The number of allylic oxidation sites excluding steroid dienone is 1. The number of carbonyl (C=O) groups excluding carboxylic acids is 1. The molecule has 36 heavy (non-hydrogen) atoms. The molecular formula is C28H26N2O4S2. The van der Waals surface area contributed by atoms with E-state index < -0.39 is 12.0 Å². The van der Waals surface area contributed by atoms with Gasteiger partial charge in [0.1, 0.15) is 12.4 Å². The first kappa shape index (κ1) is 25.5. The Morgan fingerprint density at radius 3 is 2.53 bits per heavy atom. The maximum Gasteiger partial charge on any atom is 0.338 e. The van der Waals surface area contributed by atoms with E-state index in [4.69, 9.17) is 15.9 Å². The third-order valence-corrected chi connectivity index (χ3v) is 7.24. The van der Waals surface area contributed by atoms with Crippen molar-refractivity contribution < 1.29 is 14.3 Å². The molecule has 1 atom stereocenters. The third-order valence-electron chi connectivity index (χ3n) is 5.52. The Labute approximate surface area is 218 Å². The van der Waals surface area contributed by atoms with Crippen LogP contribution in [0.25, 0.3) is 6.08 Å². The molecule has 0 saturated heterocycles. The zero-order chi connectivity index (χ0) is 25.8. The predicted octanol–water partition coefficient (Wildman–Crippen LogP) is 3.92. The van der Waals surface area contributed by atoms with Crippen LogP contribution in [0.2, 0.25) is 0 Å². The van der Waals surface area contributed by atoms with Crippen molar-refractivity contribution in [1.82, 2.24) is 4.57 Å². The molecule has 2 heterocycles. The van der Waals surface area contributed by atoms with Crippen LogP contribution in [0, 0.1) is 12.3 Å². The second-order valence-electron chi connectivity index (χ2n) is 8.37. The van der Waals surface area contributed by atoms with Gasteiger partial charge in [0.25, 0.3) is 5.56 Å². The van der Waals surface area contributed by atoms with Gasteiger partial charge in [-0.1, -0.05) is 41.5 Å². The standard InChI is InChI=1S/C28H26N2O4S2/c1-6-15-33-21-11-7-19(8-12-21)16-23-26(31)30-25(20-9-13-22(35-5)14-10-20)24(27(32)34-17(2)3)18(4)29-28(30)36-23/h1,7-14,16-17,25H,15H2,2-5H3/b23-16-/t25-/m1/s1. The molecule has 1 aliphatic rings. The highest BCUT2D eigenvalue weighted by atomic mass is 32.2.